The van der Waals surface area contributed by atoms with Gasteiger partial charge in [0.1, 0.15) is 5.60 Å². The number of rotatable bonds is 8. The molecule has 0 heterocycles. The van der Waals surface area contributed by atoms with Crippen LogP contribution in [0.4, 0.5) is 8.78 Å². The third-order valence-corrected chi connectivity index (χ3v) is 10.5. The Balaban J connectivity index is 1.52. The van der Waals surface area contributed by atoms with E-state index >= 15 is 8.78 Å². The predicted molar refractivity (Wildman–Crippen MR) is 148 cm³/mol. The van der Waals surface area contributed by atoms with Crippen molar-refractivity contribution in [2.24, 2.45) is 17.3 Å². The van der Waals surface area contributed by atoms with Crippen LogP contribution in [-0.2, 0) is 11.2 Å². The summed E-state index contributed by atoms with van der Waals surface area (Å²) in [6.07, 6.45) is 18.3. The van der Waals surface area contributed by atoms with Gasteiger partial charge in [-0.05, 0) is 97.5 Å². The van der Waals surface area contributed by atoms with Crippen LogP contribution in [-0.4, -0.2) is 22.4 Å². The van der Waals surface area contributed by atoms with Crippen molar-refractivity contribution < 1.29 is 18.7 Å². The minimum Gasteiger partial charge on any atom is -0.382 e. The molecule has 1 aromatic rings. The summed E-state index contributed by atoms with van der Waals surface area (Å²) in [4.78, 5) is 12.2. The fourth-order valence-electron chi connectivity index (χ4n) is 8.45. The fraction of sp³-hybridized carbons (Fsp3) is 0.618. The maximum absolute atomic E-state index is 15.2. The number of carbonyl (C=O) groups is 1. The van der Waals surface area contributed by atoms with Crippen molar-refractivity contribution in [3.63, 3.8) is 0 Å². The second kappa shape index (κ2) is 10.4. The summed E-state index contributed by atoms with van der Waals surface area (Å²) in [6.45, 7) is 4.09. The number of alkyl halides is 2. The molecule has 204 valence electrons. The molecule has 0 amide bonds. The summed E-state index contributed by atoms with van der Waals surface area (Å²) >= 11 is 0. The molecule has 0 bridgehead atoms. The molecule has 0 aromatic heterocycles. The SMILES string of the molecule is C#CC(F)(F)[C@]1(O)CCC2C3CCC4=CC(=O)CCC4=C3C(c3ccc(CCCCCCC)cc3)CC21C. The second-order valence-corrected chi connectivity index (χ2v) is 12.5. The normalized spacial score (nSPS) is 32.8. The van der Waals surface area contributed by atoms with Gasteiger partial charge in [0.15, 0.2) is 5.78 Å². The van der Waals surface area contributed by atoms with Crippen LogP contribution in [0.1, 0.15) is 108 Å². The second-order valence-electron chi connectivity index (χ2n) is 12.5. The van der Waals surface area contributed by atoms with Crippen molar-refractivity contribution in [1.29, 1.82) is 0 Å². The lowest BCUT2D eigenvalue weighted by atomic mass is 9.50. The Bertz CT molecular complexity index is 1170. The van der Waals surface area contributed by atoms with Crippen LogP contribution in [0.15, 0.2) is 47.1 Å². The summed E-state index contributed by atoms with van der Waals surface area (Å²) in [5.74, 6) is -1.72. The van der Waals surface area contributed by atoms with E-state index in [0.717, 1.165) is 36.8 Å². The third-order valence-electron chi connectivity index (χ3n) is 10.5. The molecule has 2 fully saturated rings. The maximum atomic E-state index is 15.2. The molecule has 4 aliphatic carbocycles. The number of aliphatic hydroxyl groups is 1. The Kier molecular flexibility index (Phi) is 7.46. The van der Waals surface area contributed by atoms with E-state index in [9.17, 15) is 9.90 Å². The van der Waals surface area contributed by atoms with Gasteiger partial charge in [-0.1, -0.05) is 69.4 Å². The average Bonchev–Trinajstić information content (AvgIpc) is 3.20. The highest BCUT2D eigenvalue weighted by Crippen LogP contribution is 2.69. The summed E-state index contributed by atoms with van der Waals surface area (Å²) < 4.78 is 30.5. The minimum absolute atomic E-state index is 0.0232. The molecule has 5 atom stereocenters. The highest BCUT2D eigenvalue weighted by molar-refractivity contribution is 5.93. The van der Waals surface area contributed by atoms with E-state index in [-0.39, 0.29) is 30.0 Å². The van der Waals surface area contributed by atoms with Crippen molar-refractivity contribution in [3.8, 4) is 12.3 Å². The van der Waals surface area contributed by atoms with Crippen molar-refractivity contribution in [2.45, 2.75) is 115 Å². The summed E-state index contributed by atoms with van der Waals surface area (Å²) in [5.41, 5.74) is 3.00. The number of benzene rings is 1. The monoisotopic (exact) mass is 520 g/mol. The highest BCUT2D eigenvalue weighted by Gasteiger charge is 2.71. The summed E-state index contributed by atoms with van der Waals surface area (Å²) in [5, 5.41) is 11.6. The van der Waals surface area contributed by atoms with E-state index in [2.05, 4.69) is 31.2 Å². The third kappa shape index (κ3) is 4.40. The van der Waals surface area contributed by atoms with Crippen LogP contribution < -0.4 is 0 Å². The Morgan fingerprint density at radius 1 is 1.08 bits per heavy atom. The standard InChI is InChI=1S/C34H42F2O2/c1-4-6-7-8-9-10-23-11-13-24(14-12-23)29-22-32(3)30(19-20-33(32,38)34(35,36)5-2)28-17-15-25-21-26(37)16-18-27(25)31(28)29/h2,11-14,21,28-30,38H,4,6-10,15-20,22H2,1,3H3/t28?,29?,30?,32?,33-/m0/s1. The molecule has 0 radical (unpaired) electrons. The quantitative estimate of drug-likeness (QED) is 0.278. The van der Waals surface area contributed by atoms with Crippen LogP contribution in [0.5, 0.6) is 0 Å². The van der Waals surface area contributed by atoms with Gasteiger partial charge in [-0.25, -0.2) is 0 Å². The van der Waals surface area contributed by atoms with Crippen molar-refractivity contribution in [3.05, 3.63) is 58.2 Å². The number of carbonyl (C=O) groups excluding carboxylic acids is 1. The number of ketones is 1. The lowest BCUT2D eigenvalue weighted by molar-refractivity contribution is -0.209. The summed E-state index contributed by atoms with van der Waals surface area (Å²) in [6, 6.07) is 8.76. The lowest BCUT2D eigenvalue weighted by Crippen LogP contribution is -2.60. The number of halogens is 2. The van der Waals surface area contributed by atoms with Crippen LogP contribution in [0.3, 0.4) is 0 Å². The van der Waals surface area contributed by atoms with Gasteiger partial charge in [0.2, 0.25) is 0 Å². The topological polar surface area (TPSA) is 37.3 Å². The maximum Gasteiger partial charge on any atom is 0.336 e. The van der Waals surface area contributed by atoms with E-state index in [1.54, 1.807) is 5.92 Å². The number of allylic oxidation sites excluding steroid dienone is 4. The Labute approximate surface area is 227 Å². The number of unbranched alkanes of at least 4 members (excludes halogenated alkanes) is 4. The Morgan fingerprint density at radius 3 is 2.53 bits per heavy atom. The molecule has 4 heteroatoms. The van der Waals surface area contributed by atoms with E-state index in [4.69, 9.17) is 6.42 Å². The first-order valence-corrected chi connectivity index (χ1v) is 14.8. The molecule has 2 saturated carbocycles. The zero-order valence-corrected chi connectivity index (χ0v) is 23.0. The molecule has 4 aliphatic rings. The number of hydrogen-bond donors (Lipinski definition) is 1. The van der Waals surface area contributed by atoms with Gasteiger partial charge in [0.05, 0.1) is 0 Å². The molecule has 0 aliphatic heterocycles. The van der Waals surface area contributed by atoms with E-state index in [0.29, 0.717) is 19.3 Å². The molecule has 2 nitrogen and oxygen atoms in total. The van der Waals surface area contributed by atoms with Crippen LogP contribution >= 0.6 is 0 Å². The minimum atomic E-state index is -3.58. The Hall–Kier alpha value is -2.25. The molecule has 0 spiro atoms. The number of terminal acetylenes is 1. The molecule has 5 rings (SSSR count). The van der Waals surface area contributed by atoms with Crippen molar-refractivity contribution in [1.82, 2.24) is 0 Å². The van der Waals surface area contributed by atoms with Crippen molar-refractivity contribution >= 4 is 5.78 Å². The molecule has 1 aromatic carbocycles. The molecular weight excluding hydrogens is 478 g/mol. The van der Waals surface area contributed by atoms with E-state index in [1.165, 1.54) is 48.8 Å². The molecule has 4 unspecified atom stereocenters. The fourth-order valence-corrected chi connectivity index (χ4v) is 8.45. The van der Waals surface area contributed by atoms with Gasteiger partial charge < -0.3 is 5.11 Å². The lowest BCUT2D eigenvalue weighted by Gasteiger charge is -2.55. The van der Waals surface area contributed by atoms with Crippen molar-refractivity contribution in [2.75, 3.05) is 0 Å². The van der Waals surface area contributed by atoms with Gasteiger partial charge in [0.25, 0.3) is 0 Å². The largest absolute Gasteiger partial charge is 0.382 e. The zero-order chi connectivity index (χ0) is 27.1. The van der Waals surface area contributed by atoms with Crippen LogP contribution in [0, 0.1) is 29.6 Å². The number of hydrogen-bond acceptors (Lipinski definition) is 2. The smallest absolute Gasteiger partial charge is 0.336 e. The first-order valence-electron chi connectivity index (χ1n) is 14.8. The van der Waals surface area contributed by atoms with E-state index in [1.807, 2.05) is 13.0 Å². The average molecular weight is 521 g/mol. The summed E-state index contributed by atoms with van der Waals surface area (Å²) in [7, 11) is 0. The van der Waals surface area contributed by atoms with Crippen LogP contribution in [0.2, 0.25) is 0 Å². The first-order chi connectivity index (χ1) is 18.1. The van der Waals surface area contributed by atoms with Gasteiger partial charge in [-0.3, -0.25) is 4.79 Å². The molecular formula is C34H42F2O2. The molecule has 38 heavy (non-hydrogen) atoms. The van der Waals surface area contributed by atoms with Gasteiger partial charge in [-0.15, -0.1) is 6.42 Å². The van der Waals surface area contributed by atoms with Gasteiger partial charge in [0, 0.05) is 17.8 Å². The highest BCUT2D eigenvalue weighted by atomic mass is 19.3. The molecule has 0 saturated heterocycles. The number of aryl methyl sites for hydroxylation is 1. The van der Waals surface area contributed by atoms with Gasteiger partial charge >= 0.3 is 5.92 Å². The zero-order valence-electron chi connectivity index (χ0n) is 23.0. The number of fused-ring (bicyclic) bond motifs is 4. The van der Waals surface area contributed by atoms with E-state index < -0.39 is 16.9 Å². The van der Waals surface area contributed by atoms with Crippen LogP contribution in [0.25, 0.3) is 0 Å². The predicted octanol–water partition coefficient (Wildman–Crippen LogP) is 8.10. The van der Waals surface area contributed by atoms with Gasteiger partial charge in [-0.2, -0.15) is 8.78 Å². The molecule has 1 N–H and O–H groups in total. The first kappa shape index (κ1) is 27.3. The Morgan fingerprint density at radius 2 is 1.82 bits per heavy atom.